The number of carbonyl (C=O) groups excluding carboxylic acids is 1. The summed E-state index contributed by atoms with van der Waals surface area (Å²) in [5, 5.41) is 12.6. The van der Waals surface area contributed by atoms with E-state index in [0.29, 0.717) is 23.9 Å². The summed E-state index contributed by atoms with van der Waals surface area (Å²) in [6.45, 7) is 5.99. The summed E-state index contributed by atoms with van der Waals surface area (Å²) >= 11 is 1.20. The Bertz CT molecular complexity index is 511. The van der Waals surface area contributed by atoms with Gasteiger partial charge in [0.15, 0.2) is 0 Å². The number of aromatic nitrogens is 2. The first-order valence-electron chi connectivity index (χ1n) is 7.02. The van der Waals surface area contributed by atoms with Crippen LogP contribution in [0.25, 0.3) is 0 Å². The van der Waals surface area contributed by atoms with Crippen molar-refractivity contribution in [2.45, 2.75) is 38.3 Å². The fourth-order valence-electron chi connectivity index (χ4n) is 1.69. The Morgan fingerprint density at radius 2 is 2.14 bits per heavy atom. The van der Waals surface area contributed by atoms with Crippen molar-refractivity contribution in [1.82, 2.24) is 9.97 Å². The standard InChI is InChI=1S/C14H21N3O4S/c1-4-21-13(18)8-22-12-7-15-6-11(17-12)16-10(14(19)20)5-9(2)3/h6-7,9-10H,4-5,8H2,1-3H3,(H,16,17)(H,19,20)/t10-/m1/s1. The number of nitrogens with one attached hydrogen (secondary N) is 1. The molecule has 0 spiro atoms. The van der Waals surface area contributed by atoms with Crippen molar-refractivity contribution in [2.75, 3.05) is 17.7 Å². The van der Waals surface area contributed by atoms with Crippen LogP contribution in [0.5, 0.6) is 0 Å². The Hall–Kier alpha value is -1.83. The number of ether oxygens (including phenoxy) is 1. The van der Waals surface area contributed by atoms with Crippen molar-refractivity contribution in [3.05, 3.63) is 12.4 Å². The number of anilines is 1. The quantitative estimate of drug-likeness (QED) is 0.525. The second-order valence-corrected chi connectivity index (χ2v) is 6.00. The molecule has 1 atom stereocenters. The van der Waals surface area contributed by atoms with E-state index in [2.05, 4.69) is 15.3 Å². The van der Waals surface area contributed by atoms with Gasteiger partial charge in [-0.3, -0.25) is 9.78 Å². The highest BCUT2D eigenvalue weighted by Gasteiger charge is 2.19. The largest absolute Gasteiger partial charge is 0.480 e. The number of rotatable bonds is 9. The first-order chi connectivity index (χ1) is 10.4. The molecule has 0 saturated carbocycles. The van der Waals surface area contributed by atoms with Gasteiger partial charge in [0.05, 0.1) is 24.8 Å². The first kappa shape index (κ1) is 18.2. The molecular formula is C14H21N3O4S. The molecule has 8 heteroatoms. The summed E-state index contributed by atoms with van der Waals surface area (Å²) in [6.07, 6.45) is 3.47. The third-order valence-electron chi connectivity index (χ3n) is 2.58. The van der Waals surface area contributed by atoms with Crippen LogP contribution >= 0.6 is 11.8 Å². The number of carboxylic acid groups (broad SMARTS) is 1. The predicted octanol–water partition coefficient (Wildman–Crippen LogP) is 2.04. The summed E-state index contributed by atoms with van der Waals surface area (Å²) in [6, 6.07) is -0.723. The maximum absolute atomic E-state index is 11.3. The molecule has 0 bridgehead atoms. The summed E-state index contributed by atoms with van der Waals surface area (Å²) in [5.41, 5.74) is 0. The Morgan fingerprint density at radius 3 is 2.73 bits per heavy atom. The number of carboxylic acids is 1. The van der Waals surface area contributed by atoms with E-state index >= 15 is 0 Å². The Balaban J connectivity index is 2.66. The van der Waals surface area contributed by atoms with E-state index < -0.39 is 12.0 Å². The number of hydrogen-bond acceptors (Lipinski definition) is 7. The van der Waals surface area contributed by atoms with Crippen molar-refractivity contribution in [3.8, 4) is 0 Å². The molecule has 0 saturated heterocycles. The average Bonchev–Trinajstić information content (AvgIpc) is 2.44. The van der Waals surface area contributed by atoms with Gasteiger partial charge >= 0.3 is 11.9 Å². The highest BCUT2D eigenvalue weighted by molar-refractivity contribution is 7.99. The van der Waals surface area contributed by atoms with Crippen LogP contribution in [0.2, 0.25) is 0 Å². The van der Waals surface area contributed by atoms with Gasteiger partial charge in [0.1, 0.15) is 16.9 Å². The molecule has 0 aliphatic rings. The van der Waals surface area contributed by atoms with Gasteiger partial charge in [0.2, 0.25) is 0 Å². The van der Waals surface area contributed by atoms with Gasteiger partial charge in [-0.25, -0.2) is 9.78 Å². The van der Waals surface area contributed by atoms with Crippen LogP contribution in [0.3, 0.4) is 0 Å². The summed E-state index contributed by atoms with van der Waals surface area (Å²) < 4.78 is 4.83. The minimum absolute atomic E-state index is 0.139. The molecule has 1 rings (SSSR count). The van der Waals surface area contributed by atoms with Gasteiger partial charge in [-0.2, -0.15) is 0 Å². The molecule has 2 N–H and O–H groups in total. The van der Waals surface area contributed by atoms with Gasteiger partial charge in [-0.05, 0) is 19.3 Å². The molecule has 1 aromatic rings. The summed E-state index contributed by atoms with van der Waals surface area (Å²) in [7, 11) is 0. The number of carbonyl (C=O) groups is 2. The number of nitrogens with zero attached hydrogens (tertiary/aromatic N) is 2. The lowest BCUT2D eigenvalue weighted by Crippen LogP contribution is -2.31. The Morgan fingerprint density at radius 1 is 1.41 bits per heavy atom. The lowest BCUT2D eigenvalue weighted by atomic mass is 10.0. The second-order valence-electron chi connectivity index (χ2n) is 5.00. The third-order valence-corrected chi connectivity index (χ3v) is 3.46. The SMILES string of the molecule is CCOC(=O)CSc1cncc(N[C@H](CC(C)C)C(=O)O)n1. The van der Waals surface area contributed by atoms with Crippen LogP contribution in [0.1, 0.15) is 27.2 Å². The fourth-order valence-corrected chi connectivity index (χ4v) is 2.34. The predicted molar refractivity (Wildman–Crippen MR) is 83.9 cm³/mol. The van der Waals surface area contributed by atoms with Crippen molar-refractivity contribution in [3.63, 3.8) is 0 Å². The van der Waals surface area contributed by atoms with E-state index in [1.54, 1.807) is 6.92 Å². The van der Waals surface area contributed by atoms with Gasteiger partial charge in [0, 0.05) is 0 Å². The molecule has 1 heterocycles. The molecule has 0 aliphatic carbocycles. The molecule has 1 aromatic heterocycles. The van der Waals surface area contributed by atoms with E-state index in [1.807, 2.05) is 13.8 Å². The highest BCUT2D eigenvalue weighted by Crippen LogP contribution is 2.17. The summed E-state index contributed by atoms with van der Waals surface area (Å²) in [4.78, 5) is 30.8. The van der Waals surface area contributed by atoms with Gasteiger partial charge in [0.25, 0.3) is 0 Å². The number of thioether (sulfide) groups is 1. The zero-order valence-corrected chi connectivity index (χ0v) is 13.7. The molecule has 0 amide bonds. The molecule has 0 unspecified atom stereocenters. The monoisotopic (exact) mass is 327 g/mol. The topological polar surface area (TPSA) is 101 Å². The maximum atomic E-state index is 11.3. The van der Waals surface area contributed by atoms with Crippen LogP contribution in [-0.2, 0) is 14.3 Å². The number of hydrogen-bond donors (Lipinski definition) is 2. The zero-order valence-electron chi connectivity index (χ0n) is 12.9. The number of esters is 1. The molecule has 7 nitrogen and oxygen atoms in total. The van der Waals surface area contributed by atoms with Crippen LogP contribution in [0.4, 0.5) is 5.82 Å². The van der Waals surface area contributed by atoms with E-state index in [4.69, 9.17) is 4.74 Å². The normalized spacial score (nSPS) is 12.0. The van der Waals surface area contributed by atoms with Crippen LogP contribution in [0.15, 0.2) is 17.4 Å². The average molecular weight is 327 g/mol. The first-order valence-corrected chi connectivity index (χ1v) is 8.00. The Kier molecular flexibility index (Phi) is 7.65. The molecule has 22 heavy (non-hydrogen) atoms. The van der Waals surface area contributed by atoms with Gasteiger partial charge < -0.3 is 15.2 Å². The van der Waals surface area contributed by atoms with E-state index in [9.17, 15) is 14.7 Å². The molecular weight excluding hydrogens is 306 g/mol. The van der Waals surface area contributed by atoms with Crippen LogP contribution < -0.4 is 5.32 Å². The van der Waals surface area contributed by atoms with Crippen LogP contribution in [0, 0.1) is 5.92 Å². The molecule has 0 radical (unpaired) electrons. The minimum atomic E-state index is -0.930. The minimum Gasteiger partial charge on any atom is -0.480 e. The maximum Gasteiger partial charge on any atom is 0.326 e. The van der Waals surface area contributed by atoms with Crippen molar-refractivity contribution in [1.29, 1.82) is 0 Å². The van der Waals surface area contributed by atoms with Gasteiger partial charge in [-0.15, -0.1) is 0 Å². The van der Waals surface area contributed by atoms with Crippen molar-refractivity contribution >= 4 is 29.5 Å². The molecule has 0 fully saturated rings. The fraction of sp³-hybridized carbons (Fsp3) is 0.571. The molecule has 0 aromatic carbocycles. The lowest BCUT2D eigenvalue weighted by Gasteiger charge is -2.17. The highest BCUT2D eigenvalue weighted by atomic mass is 32.2. The summed E-state index contributed by atoms with van der Waals surface area (Å²) in [5.74, 6) is -0.499. The number of aliphatic carboxylic acids is 1. The zero-order chi connectivity index (χ0) is 16.5. The van der Waals surface area contributed by atoms with Gasteiger partial charge in [-0.1, -0.05) is 25.6 Å². The lowest BCUT2D eigenvalue weighted by molar-refractivity contribution is -0.140. The second kappa shape index (κ2) is 9.24. The van der Waals surface area contributed by atoms with E-state index in [-0.39, 0.29) is 17.6 Å². The van der Waals surface area contributed by atoms with Crippen molar-refractivity contribution < 1.29 is 19.4 Å². The smallest absolute Gasteiger partial charge is 0.326 e. The van der Waals surface area contributed by atoms with Crippen LogP contribution in [-0.4, -0.2) is 45.4 Å². The Labute approximate surface area is 133 Å². The molecule has 0 aliphatic heterocycles. The third kappa shape index (κ3) is 6.75. The molecule has 122 valence electrons. The van der Waals surface area contributed by atoms with E-state index in [0.717, 1.165) is 0 Å². The van der Waals surface area contributed by atoms with E-state index in [1.165, 1.54) is 24.2 Å². The van der Waals surface area contributed by atoms with Crippen molar-refractivity contribution in [2.24, 2.45) is 5.92 Å².